The number of nitrogens with two attached hydrogens (primary N) is 1. The smallest absolute Gasteiger partial charge is 0.0372 e. The highest BCUT2D eigenvalue weighted by Gasteiger charge is 2.11. The lowest BCUT2D eigenvalue weighted by Crippen LogP contribution is -2.32. The minimum atomic E-state index is 0.582. The highest BCUT2D eigenvalue weighted by atomic mass is 15.1. The molecule has 2 heteroatoms. The number of nitrogens with zero attached hydrogens (tertiary/aromatic N) is 1. The third kappa shape index (κ3) is 2.65. The average Bonchev–Trinajstić information content (AvgIpc) is 2.24. The van der Waals surface area contributed by atoms with Crippen LogP contribution in [0.1, 0.15) is 32.8 Å². The fourth-order valence-corrected chi connectivity index (χ4v) is 1.81. The van der Waals surface area contributed by atoms with Crippen molar-refractivity contribution in [2.24, 2.45) is 0 Å². The number of aryl methyl sites for hydroxylation is 1. The van der Waals surface area contributed by atoms with E-state index in [1.165, 1.54) is 5.69 Å². The summed E-state index contributed by atoms with van der Waals surface area (Å²) in [6.07, 6.45) is 1.16. The van der Waals surface area contributed by atoms with Gasteiger partial charge in [0.15, 0.2) is 0 Å². The fraction of sp³-hybridized carbons (Fsp3) is 0.538. The molecule has 0 saturated heterocycles. The SMILES string of the molecule is CCC(C)N(CC)c1ccc(N)c(C)c1. The van der Waals surface area contributed by atoms with Crippen molar-refractivity contribution < 1.29 is 0 Å². The predicted octanol–water partition coefficient (Wildman–Crippen LogP) is 3.20. The van der Waals surface area contributed by atoms with Crippen molar-refractivity contribution in [2.45, 2.75) is 40.2 Å². The van der Waals surface area contributed by atoms with Gasteiger partial charge in [0.2, 0.25) is 0 Å². The van der Waals surface area contributed by atoms with Crippen LogP contribution in [0.3, 0.4) is 0 Å². The Kier molecular flexibility index (Phi) is 4.01. The maximum Gasteiger partial charge on any atom is 0.0372 e. The highest BCUT2D eigenvalue weighted by molar-refractivity contribution is 5.58. The summed E-state index contributed by atoms with van der Waals surface area (Å²) in [4.78, 5) is 2.41. The second-order valence-electron chi connectivity index (χ2n) is 4.08. The van der Waals surface area contributed by atoms with Crippen LogP contribution in [0.2, 0.25) is 0 Å². The lowest BCUT2D eigenvalue weighted by Gasteiger charge is -2.30. The van der Waals surface area contributed by atoms with Gasteiger partial charge in [-0.15, -0.1) is 0 Å². The van der Waals surface area contributed by atoms with Crippen molar-refractivity contribution in [1.29, 1.82) is 0 Å². The maximum atomic E-state index is 5.82. The van der Waals surface area contributed by atoms with Crippen LogP contribution in [-0.2, 0) is 0 Å². The van der Waals surface area contributed by atoms with Crippen LogP contribution in [0.25, 0.3) is 0 Å². The molecule has 84 valence electrons. The molecule has 0 radical (unpaired) electrons. The van der Waals surface area contributed by atoms with Crippen molar-refractivity contribution in [3.63, 3.8) is 0 Å². The average molecular weight is 206 g/mol. The first-order valence-corrected chi connectivity index (χ1v) is 5.72. The van der Waals surface area contributed by atoms with Crippen LogP contribution in [-0.4, -0.2) is 12.6 Å². The van der Waals surface area contributed by atoms with Gasteiger partial charge in [0.05, 0.1) is 0 Å². The Morgan fingerprint density at radius 1 is 1.33 bits per heavy atom. The first-order valence-electron chi connectivity index (χ1n) is 5.72. The van der Waals surface area contributed by atoms with Gasteiger partial charge in [-0.1, -0.05) is 6.92 Å². The minimum Gasteiger partial charge on any atom is -0.399 e. The number of hydrogen-bond donors (Lipinski definition) is 1. The van der Waals surface area contributed by atoms with E-state index >= 15 is 0 Å². The maximum absolute atomic E-state index is 5.82. The quantitative estimate of drug-likeness (QED) is 0.766. The Bertz CT molecular complexity index is 320. The predicted molar refractivity (Wildman–Crippen MR) is 68.4 cm³/mol. The Morgan fingerprint density at radius 3 is 2.47 bits per heavy atom. The summed E-state index contributed by atoms with van der Waals surface area (Å²) in [7, 11) is 0. The van der Waals surface area contributed by atoms with Gasteiger partial charge in [-0.2, -0.15) is 0 Å². The first-order chi connectivity index (χ1) is 7.10. The Morgan fingerprint density at radius 2 is 2.00 bits per heavy atom. The van der Waals surface area contributed by atoms with Gasteiger partial charge in [-0.05, 0) is 51.0 Å². The van der Waals surface area contributed by atoms with E-state index in [0.717, 1.165) is 24.2 Å². The van der Waals surface area contributed by atoms with E-state index < -0.39 is 0 Å². The number of nitrogen functional groups attached to an aromatic ring is 1. The van der Waals surface area contributed by atoms with Crippen LogP contribution in [0.5, 0.6) is 0 Å². The summed E-state index contributed by atoms with van der Waals surface area (Å²) in [5.74, 6) is 0. The van der Waals surface area contributed by atoms with E-state index in [9.17, 15) is 0 Å². The van der Waals surface area contributed by atoms with Gasteiger partial charge in [0.1, 0.15) is 0 Å². The van der Waals surface area contributed by atoms with Crippen molar-refractivity contribution in [3.05, 3.63) is 23.8 Å². The molecule has 2 nitrogen and oxygen atoms in total. The van der Waals surface area contributed by atoms with Gasteiger partial charge in [-0.3, -0.25) is 0 Å². The molecule has 0 amide bonds. The highest BCUT2D eigenvalue weighted by Crippen LogP contribution is 2.22. The molecule has 0 aliphatic rings. The summed E-state index contributed by atoms with van der Waals surface area (Å²) in [6.45, 7) is 9.77. The number of rotatable bonds is 4. The molecule has 0 heterocycles. The largest absolute Gasteiger partial charge is 0.399 e. The molecule has 1 aromatic rings. The molecule has 0 fully saturated rings. The van der Waals surface area contributed by atoms with Crippen LogP contribution >= 0.6 is 0 Å². The molecule has 0 aliphatic heterocycles. The molecule has 15 heavy (non-hydrogen) atoms. The minimum absolute atomic E-state index is 0.582. The van der Waals surface area contributed by atoms with Crippen molar-refractivity contribution >= 4 is 11.4 Å². The molecule has 1 unspecified atom stereocenters. The van der Waals surface area contributed by atoms with E-state index in [-0.39, 0.29) is 0 Å². The van der Waals surface area contributed by atoms with Crippen molar-refractivity contribution in [2.75, 3.05) is 17.2 Å². The van der Waals surface area contributed by atoms with Crippen molar-refractivity contribution in [3.8, 4) is 0 Å². The molecule has 1 atom stereocenters. The molecule has 0 spiro atoms. The summed E-state index contributed by atoms with van der Waals surface area (Å²) < 4.78 is 0. The van der Waals surface area contributed by atoms with Crippen LogP contribution in [0, 0.1) is 6.92 Å². The third-order valence-electron chi connectivity index (χ3n) is 3.05. The lowest BCUT2D eigenvalue weighted by molar-refractivity contribution is 0.630. The number of hydrogen-bond acceptors (Lipinski definition) is 2. The second kappa shape index (κ2) is 5.06. The normalized spacial score (nSPS) is 12.5. The van der Waals surface area contributed by atoms with E-state index in [0.29, 0.717) is 6.04 Å². The Hall–Kier alpha value is -1.18. The summed E-state index contributed by atoms with van der Waals surface area (Å²) in [5.41, 5.74) is 9.13. The zero-order valence-corrected chi connectivity index (χ0v) is 10.2. The van der Waals surface area contributed by atoms with Crippen molar-refractivity contribution in [1.82, 2.24) is 0 Å². The zero-order chi connectivity index (χ0) is 11.4. The molecule has 0 aliphatic carbocycles. The van der Waals surface area contributed by atoms with E-state index in [4.69, 9.17) is 5.73 Å². The Labute approximate surface area is 93.1 Å². The monoisotopic (exact) mass is 206 g/mol. The van der Waals surface area contributed by atoms with Gasteiger partial charge in [-0.25, -0.2) is 0 Å². The van der Waals surface area contributed by atoms with Gasteiger partial charge in [0.25, 0.3) is 0 Å². The van der Waals surface area contributed by atoms with Gasteiger partial charge >= 0.3 is 0 Å². The summed E-state index contributed by atoms with van der Waals surface area (Å²) >= 11 is 0. The fourth-order valence-electron chi connectivity index (χ4n) is 1.81. The van der Waals surface area contributed by atoms with Gasteiger partial charge in [0, 0.05) is 24.0 Å². The topological polar surface area (TPSA) is 29.3 Å². The first kappa shape index (κ1) is 11.9. The molecule has 1 rings (SSSR count). The number of benzene rings is 1. The summed E-state index contributed by atoms with van der Waals surface area (Å²) in [6, 6.07) is 6.86. The molecule has 0 bridgehead atoms. The molecule has 0 aromatic heterocycles. The summed E-state index contributed by atoms with van der Waals surface area (Å²) in [5, 5.41) is 0. The molecule has 2 N–H and O–H groups in total. The Balaban J connectivity index is 2.97. The van der Waals surface area contributed by atoms with E-state index in [2.05, 4.69) is 44.7 Å². The molecular weight excluding hydrogens is 184 g/mol. The van der Waals surface area contributed by atoms with E-state index in [1.54, 1.807) is 0 Å². The standard InChI is InChI=1S/C13H22N2/c1-5-11(4)15(6-2)12-7-8-13(14)10(3)9-12/h7-9,11H,5-6,14H2,1-4H3. The number of anilines is 2. The molecule has 0 saturated carbocycles. The van der Waals surface area contributed by atoms with Crippen LogP contribution < -0.4 is 10.6 Å². The van der Waals surface area contributed by atoms with Gasteiger partial charge < -0.3 is 10.6 Å². The van der Waals surface area contributed by atoms with Crippen LogP contribution in [0.15, 0.2) is 18.2 Å². The molecular formula is C13H22N2. The zero-order valence-electron chi connectivity index (χ0n) is 10.2. The third-order valence-corrected chi connectivity index (χ3v) is 3.05. The van der Waals surface area contributed by atoms with E-state index in [1.807, 2.05) is 6.07 Å². The van der Waals surface area contributed by atoms with Crippen LogP contribution in [0.4, 0.5) is 11.4 Å². The molecule has 1 aromatic carbocycles. The second-order valence-corrected chi connectivity index (χ2v) is 4.08. The lowest BCUT2D eigenvalue weighted by atomic mass is 10.1.